The van der Waals surface area contributed by atoms with E-state index in [1.807, 2.05) is 42.9 Å². The van der Waals surface area contributed by atoms with Gasteiger partial charge in [-0.2, -0.15) is 0 Å². The summed E-state index contributed by atoms with van der Waals surface area (Å²) >= 11 is 0. The zero-order valence-corrected chi connectivity index (χ0v) is 10.1. The Morgan fingerprint density at radius 1 is 1.24 bits per heavy atom. The van der Waals surface area contributed by atoms with Gasteiger partial charge >= 0.3 is 0 Å². The highest BCUT2D eigenvalue weighted by molar-refractivity contribution is 5.46. The molecular weight excluding hydrogens is 214 g/mol. The average molecular weight is 231 g/mol. The number of rotatable bonds is 4. The third-order valence-electron chi connectivity index (χ3n) is 2.86. The highest BCUT2D eigenvalue weighted by atomic mass is 15.3. The van der Waals surface area contributed by atoms with Gasteiger partial charge in [-0.3, -0.25) is 0 Å². The zero-order valence-electron chi connectivity index (χ0n) is 10.1. The molecular formula is C12H17N5. The first-order chi connectivity index (χ1) is 8.22. The van der Waals surface area contributed by atoms with Crippen molar-refractivity contribution in [1.82, 2.24) is 14.8 Å². The number of hydrogen-bond donors (Lipinski definition) is 2. The Hall–Kier alpha value is -2.04. The number of para-hydroxylation sites is 1. The number of nitrogens with zero attached hydrogens (tertiary/aromatic N) is 3. The third-order valence-corrected chi connectivity index (χ3v) is 2.86. The molecule has 0 aliphatic carbocycles. The Bertz CT molecular complexity index is 503. The molecule has 0 atom stereocenters. The fraction of sp³-hybridized carbons (Fsp3) is 0.333. The monoisotopic (exact) mass is 231 g/mol. The molecule has 0 fully saturated rings. The largest absolute Gasteiger partial charge is 0.399 e. The third kappa shape index (κ3) is 2.38. The number of anilines is 2. The van der Waals surface area contributed by atoms with E-state index in [4.69, 9.17) is 5.73 Å². The van der Waals surface area contributed by atoms with Crippen molar-refractivity contribution < 1.29 is 0 Å². The molecule has 0 radical (unpaired) electrons. The van der Waals surface area contributed by atoms with Crippen LogP contribution in [0.2, 0.25) is 0 Å². The summed E-state index contributed by atoms with van der Waals surface area (Å²) in [7, 11) is 3.79. The molecule has 2 rings (SSSR count). The maximum absolute atomic E-state index is 5.90. The molecule has 1 aromatic heterocycles. The first-order valence-electron chi connectivity index (χ1n) is 5.61. The molecule has 0 bridgehead atoms. The van der Waals surface area contributed by atoms with E-state index in [1.54, 1.807) is 0 Å². The average Bonchev–Trinajstić information content (AvgIpc) is 2.69. The van der Waals surface area contributed by atoms with E-state index in [1.165, 1.54) is 0 Å². The Morgan fingerprint density at radius 2 is 2.00 bits per heavy atom. The number of benzene rings is 1. The number of aromatic nitrogens is 3. The van der Waals surface area contributed by atoms with E-state index in [2.05, 4.69) is 15.5 Å². The molecule has 2 aromatic rings. The number of nitrogens with one attached hydrogen (secondary N) is 1. The quantitative estimate of drug-likeness (QED) is 0.776. The number of nitrogens with two attached hydrogens (primary N) is 1. The second-order valence-corrected chi connectivity index (χ2v) is 3.95. The lowest BCUT2D eigenvalue weighted by Crippen LogP contribution is -2.04. The summed E-state index contributed by atoms with van der Waals surface area (Å²) in [6.07, 6.45) is 1.71. The lowest BCUT2D eigenvalue weighted by atomic mass is 10.1. The summed E-state index contributed by atoms with van der Waals surface area (Å²) in [4.78, 5) is 0. The van der Waals surface area contributed by atoms with Gasteiger partial charge in [0.15, 0.2) is 0 Å². The van der Waals surface area contributed by atoms with Crippen LogP contribution in [0.4, 0.5) is 11.6 Å². The van der Waals surface area contributed by atoms with E-state index in [-0.39, 0.29) is 0 Å². The Balaban J connectivity index is 2.07. The zero-order chi connectivity index (χ0) is 12.3. The Labute approximate surface area is 101 Å². The predicted octanol–water partition coefficient (Wildman–Crippen LogP) is 1.22. The molecule has 17 heavy (non-hydrogen) atoms. The van der Waals surface area contributed by atoms with Crippen molar-refractivity contribution >= 4 is 11.6 Å². The summed E-state index contributed by atoms with van der Waals surface area (Å²) in [6.45, 7) is 0. The van der Waals surface area contributed by atoms with Gasteiger partial charge in [0.05, 0.1) is 0 Å². The van der Waals surface area contributed by atoms with Gasteiger partial charge in [0, 0.05) is 26.2 Å². The molecule has 0 saturated carbocycles. The minimum Gasteiger partial charge on any atom is -0.399 e. The van der Waals surface area contributed by atoms with Crippen LogP contribution in [0, 0.1) is 0 Å². The van der Waals surface area contributed by atoms with Crippen LogP contribution in [0.15, 0.2) is 24.3 Å². The van der Waals surface area contributed by atoms with Crippen LogP contribution in [-0.4, -0.2) is 21.8 Å². The summed E-state index contributed by atoms with van der Waals surface area (Å²) in [5, 5.41) is 11.2. The maximum Gasteiger partial charge on any atom is 0.224 e. The molecule has 0 saturated heterocycles. The summed E-state index contributed by atoms with van der Waals surface area (Å²) in [5.74, 6) is 1.73. The number of hydrogen-bond acceptors (Lipinski definition) is 4. The summed E-state index contributed by atoms with van der Waals surface area (Å²) < 4.78 is 1.96. The topological polar surface area (TPSA) is 68.8 Å². The second-order valence-electron chi connectivity index (χ2n) is 3.95. The normalized spacial score (nSPS) is 10.5. The van der Waals surface area contributed by atoms with E-state index in [0.29, 0.717) is 0 Å². The molecule has 3 N–H and O–H groups in total. The van der Waals surface area contributed by atoms with Crippen molar-refractivity contribution in [3.05, 3.63) is 35.7 Å². The van der Waals surface area contributed by atoms with Crippen LogP contribution >= 0.6 is 0 Å². The van der Waals surface area contributed by atoms with Crippen molar-refractivity contribution in [2.45, 2.75) is 12.8 Å². The van der Waals surface area contributed by atoms with Crippen molar-refractivity contribution in [3.63, 3.8) is 0 Å². The van der Waals surface area contributed by atoms with E-state index < -0.39 is 0 Å². The maximum atomic E-state index is 5.90. The van der Waals surface area contributed by atoms with E-state index in [0.717, 1.165) is 35.9 Å². The van der Waals surface area contributed by atoms with Crippen LogP contribution < -0.4 is 11.1 Å². The molecule has 0 aliphatic rings. The van der Waals surface area contributed by atoms with Gasteiger partial charge in [-0.25, -0.2) is 0 Å². The molecule has 5 heteroatoms. The fourth-order valence-corrected chi connectivity index (χ4v) is 1.81. The van der Waals surface area contributed by atoms with Crippen molar-refractivity contribution in [1.29, 1.82) is 0 Å². The Morgan fingerprint density at radius 3 is 2.65 bits per heavy atom. The smallest absolute Gasteiger partial charge is 0.224 e. The van der Waals surface area contributed by atoms with E-state index >= 15 is 0 Å². The molecule has 0 unspecified atom stereocenters. The first-order valence-corrected chi connectivity index (χ1v) is 5.61. The SMILES string of the molecule is CNc1nnc(CCc2ccccc2N)n1C. The predicted molar refractivity (Wildman–Crippen MR) is 68.8 cm³/mol. The van der Waals surface area contributed by atoms with Crippen molar-refractivity contribution in [3.8, 4) is 0 Å². The number of aryl methyl sites for hydroxylation is 2. The molecule has 1 aromatic carbocycles. The summed E-state index contributed by atoms with van der Waals surface area (Å²) in [5.41, 5.74) is 7.89. The number of nitrogen functional groups attached to an aromatic ring is 1. The molecule has 1 heterocycles. The van der Waals surface area contributed by atoms with Crippen molar-refractivity contribution in [2.24, 2.45) is 7.05 Å². The lowest BCUT2D eigenvalue weighted by Gasteiger charge is -2.05. The fourth-order valence-electron chi connectivity index (χ4n) is 1.81. The van der Waals surface area contributed by atoms with Crippen LogP contribution in [-0.2, 0) is 19.9 Å². The minimum absolute atomic E-state index is 0.779. The first kappa shape index (κ1) is 11.4. The van der Waals surface area contributed by atoms with Crippen LogP contribution in [0.25, 0.3) is 0 Å². The summed E-state index contributed by atoms with van der Waals surface area (Å²) in [6, 6.07) is 7.91. The second kappa shape index (κ2) is 4.86. The van der Waals surface area contributed by atoms with Gasteiger partial charge in [-0.15, -0.1) is 10.2 Å². The van der Waals surface area contributed by atoms with Gasteiger partial charge in [-0.1, -0.05) is 18.2 Å². The van der Waals surface area contributed by atoms with Gasteiger partial charge < -0.3 is 15.6 Å². The van der Waals surface area contributed by atoms with Gasteiger partial charge in [-0.05, 0) is 18.1 Å². The minimum atomic E-state index is 0.779. The van der Waals surface area contributed by atoms with Crippen LogP contribution in [0.1, 0.15) is 11.4 Å². The standard InChI is InChI=1S/C12H17N5/c1-14-12-16-15-11(17(12)2)8-7-9-5-3-4-6-10(9)13/h3-6H,7-8,13H2,1-2H3,(H,14,16). The van der Waals surface area contributed by atoms with Gasteiger partial charge in [0.25, 0.3) is 0 Å². The highest BCUT2D eigenvalue weighted by Crippen LogP contribution is 2.14. The molecule has 0 aliphatic heterocycles. The van der Waals surface area contributed by atoms with Crippen LogP contribution in [0.3, 0.4) is 0 Å². The highest BCUT2D eigenvalue weighted by Gasteiger charge is 2.07. The van der Waals surface area contributed by atoms with Gasteiger partial charge in [0.2, 0.25) is 5.95 Å². The van der Waals surface area contributed by atoms with E-state index in [9.17, 15) is 0 Å². The Kier molecular flexibility index (Phi) is 3.27. The van der Waals surface area contributed by atoms with Crippen molar-refractivity contribution in [2.75, 3.05) is 18.1 Å². The lowest BCUT2D eigenvalue weighted by molar-refractivity contribution is 0.773. The van der Waals surface area contributed by atoms with Crippen LogP contribution in [0.5, 0.6) is 0 Å². The molecule has 0 spiro atoms. The molecule has 5 nitrogen and oxygen atoms in total. The molecule has 0 amide bonds. The molecule has 90 valence electrons. The van der Waals surface area contributed by atoms with Gasteiger partial charge in [0.1, 0.15) is 5.82 Å².